The maximum atomic E-state index is 13.4. The molecule has 0 aromatic heterocycles. The summed E-state index contributed by atoms with van der Waals surface area (Å²) in [6.45, 7) is 4.98. The van der Waals surface area contributed by atoms with Gasteiger partial charge in [-0.2, -0.15) is 17.4 Å². The van der Waals surface area contributed by atoms with Crippen LogP contribution in [0.5, 0.6) is 0 Å². The minimum Gasteiger partial charge on any atom is -0.313 e. The van der Waals surface area contributed by atoms with Gasteiger partial charge in [-0.1, -0.05) is 12.1 Å². The highest BCUT2D eigenvalue weighted by Gasteiger charge is 2.33. The summed E-state index contributed by atoms with van der Waals surface area (Å²) in [5, 5.41) is 3.15. The van der Waals surface area contributed by atoms with Crippen molar-refractivity contribution >= 4 is 22.6 Å². The van der Waals surface area contributed by atoms with Crippen LogP contribution in [0.3, 0.4) is 0 Å². The van der Waals surface area contributed by atoms with E-state index in [0.29, 0.717) is 25.2 Å². The Morgan fingerprint density at radius 1 is 1.43 bits per heavy atom. The van der Waals surface area contributed by atoms with Crippen LogP contribution < -0.4 is 10.0 Å². The molecule has 1 aliphatic heterocycles. The van der Waals surface area contributed by atoms with Crippen molar-refractivity contribution in [3.63, 3.8) is 0 Å². The zero-order valence-corrected chi connectivity index (χ0v) is 13.7. The third kappa shape index (κ3) is 4.62. The van der Waals surface area contributed by atoms with Gasteiger partial charge >= 0.3 is 0 Å². The number of nitrogens with zero attached hydrogens (tertiary/aromatic N) is 1. The molecule has 8 heteroatoms. The number of hydrogen-bond donors (Lipinski definition) is 2. The Bertz CT molecular complexity index is 568. The Morgan fingerprint density at radius 3 is 2.76 bits per heavy atom. The highest BCUT2D eigenvalue weighted by Crippen LogP contribution is 2.25. The average Bonchev–Trinajstić information content (AvgIpc) is 2.37. The minimum absolute atomic E-state index is 0. The van der Waals surface area contributed by atoms with Crippen LogP contribution in [0.15, 0.2) is 24.3 Å². The molecule has 0 aliphatic carbocycles. The highest BCUT2D eigenvalue weighted by molar-refractivity contribution is 7.87. The molecule has 5 nitrogen and oxygen atoms in total. The molecule has 1 saturated heterocycles. The summed E-state index contributed by atoms with van der Waals surface area (Å²) in [7, 11) is -3.57. The van der Waals surface area contributed by atoms with Crippen molar-refractivity contribution in [3.8, 4) is 0 Å². The Morgan fingerprint density at radius 2 is 2.14 bits per heavy atom. The standard InChI is InChI=1S/C13H20FN3O2S.ClH/c1-10(2)16-20(18,19)17-7-6-15-9-13(17)11-4-3-5-12(14)8-11;/h3-5,8,10,13,15-16H,6-7,9H2,1-2H3;1H. The molecule has 1 fully saturated rings. The van der Waals surface area contributed by atoms with E-state index in [2.05, 4.69) is 10.0 Å². The average molecular weight is 338 g/mol. The normalized spacial score (nSPS) is 20.3. The third-order valence-corrected chi connectivity index (χ3v) is 4.94. The van der Waals surface area contributed by atoms with Gasteiger partial charge in [0.2, 0.25) is 0 Å². The molecule has 1 unspecified atom stereocenters. The van der Waals surface area contributed by atoms with Crippen molar-refractivity contribution in [2.45, 2.75) is 25.9 Å². The van der Waals surface area contributed by atoms with Crippen LogP contribution in [0.25, 0.3) is 0 Å². The largest absolute Gasteiger partial charge is 0.313 e. The second-order valence-corrected chi connectivity index (χ2v) is 6.82. The Hall–Kier alpha value is -0.730. The van der Waals surface area contributed by atoms with Crippen molar-refractivity contribution in [1.82, 2.24) is 14.3 Å². The van der Waals surface area contributed by atoms with Crippen molar-refractivity contribution in [2.24, 2.45) is 0 Å². The van der Waals surface area contributed by atoms with E-state index in [0.717, 1.165) is 0 Å². The molecule has 0 saturated carbocycles. The van der Waals surface area contributed by atoms with Gasteiger partial charge < -0.3 is 5.32 Å². The summed E-state index contributed by atoms with van der Waals surface area (Å²) >= 11 is 0. The maximum absolute atomic E-state index is 13.4. The van der Waals surface area contributed by atoms with E-state index < -0.39 is 16.3 Å². The molecule has 0 spiro atoms. The number of hydrogen-bond acceptors (Lipinski definition) is 3. The van der Waals surface area contributed by atoms with Gasteiger partial charge in [0.1, 0.15) is 5.82 Å². The van der Waals surface area contributed by atoms with Gasteiger partial charge in [0, 0.05) is 25.7 Å². The lowest BCUT2D eigenvalue weighted by Gasteiger charge is -2.35. The maximum Gasteiger partial charge on any atom is 0.280 e. The fraction of sp³-hybridized carbons (Fsp3) is 0.538. The van der Waals surface area contributed by atoms with Crippen molar-refractivity contribution in [1.29, 1.82) is 0 Å². The molecule has 1 aliphatic rings. The van der Waals surface area contributed by atoms with Crippen LogP contribution in [-0.4, -0.2) is 38.4 Å². The highest BCUT2D eigenvalue weighted by atomic mass is 35.5. The molecular weight excluding hydrogens is 317 g/mol. The van der Waals surface area contributed by atoms with Gasteiger partial charge in [0.05, 0.1) is 6.04 Å². The van der Waals surface area contributed by atoms with Crippen LogP contribution in [0.2, 0.25) is 0 Å². The molecule has 21 heavy (non-hydrogen) atoms. The second-order valence-electron chi connectivity index (χ2n) is 5.16. The number of benzene rings is 1. The predicted octanol–water partition coefficient (Wildman–Crippen LogP) is 1.44. The molecule has 120 valence electrons. The number of rotatable bonds is 4. The van der Waals surface area contributed by atoms with Gasteiger partial charge in [-0.05, 0) is 31.5 Å². The monoisotopic (exact) mass is 337 g/mol. The summed E-state index contributed by atoms with van der Waals surface area (Å²) < 4.78 is 42.0. The van der Waals surface area contributed by atoms with E-state index in [1.54, 1.807) is 26.0 Å². The topological polar surface area (TPSA) is 61.4 Å². The zero-order chi connectivity index (χ0) is 14.8. The molecule has 0 bridgehead atoms. The van der Waals surface area contributed by atoms with Crippen LogP contribution >= 0.6 is 12.4 Å². The first kappa shape index (κ1) is 18.3. The lowest BCUT2D eigenvalue weighted by molar-refractivity contribution is 0.266. The summed E-state index contributed by atoms with van der Waals surface area (Å²) in [6.07, 6.45) is 0. The van der Waals surface area contributed by atoms with E-state index >= 15 is 0 Å². The zero-order valence-electron chi connectivity index (χ0n) is 12.0. The van der Waals surface area contributed by atoms with Gasteiger partial charge in [0.15, 0.2) is 0 Å². The molecule has 1 aromatic rings. The smallest absolute Gasteiger partial charge is 0.280 e. The van der Waals surface area contributed by atoms with E-state index in [9.17, 15) is 12.8 Å². The first-order valence-corrected chi connectivity index (χ1v) is 8.09. The summed E-state index contributed by atoms with van der Waals surface area (Å²) in [5.74, 6) is -0.359. The molecule has 0 radical (unpaired) electrons. The van der Waals surface area contributed by atoms with Crippen LogP contribution in [0, 0.1) is 5.82 Å². The lowest BCUT2D eigenvalue weighted by atomic mass is 10.1. The third-order valence-electron chi connectivity index (χ3n) is 3.12. The summed E-state index contributed by atoms with van der Waals surface area (Å²) in [5.41, 5.74) is 0.659. The molecular formula is C13H21ClFN3O2S. The molecule has 2 N–H and O–H groups in total. The Kier molecular flexibility index (Phi) is 6.55. The minimum atomic E-state index is -3.57. The van der Waals surface area contributed by atoms with Crippen LogP contribution in [0.4, 0.5) is 4.39 Å². The van der Waals surface area contributed by atoms with Crippen molar-refractivity contribution in [2.75, 3.05) is 19.6 Å². The SMILES string of the molecule is CC(C)NS(=O)(=O)N1CCNCC1c1cccc(F)c1.Cl. The van der Waals surface area contributed by atoms with Gasteiger partial charge in [-0.15, -0.1) is 12.4 Å². The molecule has 1 aromatic carbocycles. The Balaban J connectivity index is 0.00000220. The predicted molar refractivity (Wildman–Crippen MR) is 83.2 cm³/mol. The molecule has 1 atom stereocenters. The van der Waals surface area contributed by atoms with Gasteiger partial charge in [-0.25, -0.2) is 4.39 Å². The van der Waals surface area contributed by atoms with Crippen molar-refractivity contribution in [3.05, 3.63) is 35.6 Å². The first-order valence-electron chi connectivity index (χ1n) is 6.65. The Labute approximate surface area is 131 Å². The van der Waals surface area contributed by atoms with E-state index in [-0.39, 0.29) is 24.3 Å². The molecule has 1 heterocycles. The quantitative estimate of drug-likeness (QED) is 0.874. The summed E-state index contributed by atoms with van der Waals surface area (Å²) in [4.78, 5) is 0. The molecule has 2 rings (SSSR count). The molecule has 0 amide bonds. The van der Waals surface area contributed by atoms with Crippen LogP contribution in [0.1, 0.15) is 25.5 Å². The van der Waals surface area contributed by atoms with E-state index in [1.165, 1.54) is 16.4 Å². The fourth-order valence-electron chi connectivity index (χ4n) is 2.34. The second kappa shape index (κ2) is 7.51. The van der Waals surface area contributed by atoms with Crippen molar-refractivity contribution < 1.29 is 12.8 Å². The lowest BCUT2D eigenvalue weighted by Crippen LogP contribution is -2.53. The summed E-state index contributed by atoms with van der Waals surface area (Å²) in [6, 6.07) is 5.51. The number of halogens is 2. The van der Waals surface area contributed by atoms with E-state index in [4.69, 9.17) is 0 Å². The van der Waals surface area contributed by atoms with E-state index in [1.807, 2.05) is 0 Å². The van der Waals surface area contributed by atoms with Crippen LogP contribution in [-0.2, 0) is 10.2 Å². The number of nitrogens with one attached hydrogen (secondary N) is 2. The van der Waals surface area contributed by atoms with Gasteiger partial charge in [-0.3, -0.25) is 0 Å². The van der Waals surface area contributed by atoms with Gasteiger partial charge in [0.25, 0.3) is 10.2 Å². The fourth-order valence-corrected chi connectivity index (χ4v) is 3.93. The number of piperazine rings is 1. The first-order chi connectivity index (χ1) is 9.40.